The fraction of sp³-hybridized carbons (Fsp3) is 0. The maximum absolute atomic E-state index is 6.79. The summed E-state index contributed by atoms with van der Waals surface area (Å²) in [6.45, 7) is 0. The van der Waals surface area contributed by atoms with E-state index in [1.54, 1.807) is 0 Å². The van der Waals surface area contributed by atoms with Crippen molar-refractivity contribution in [3.05, 3.63) is 212 Å². The molecule has 12 aromatic rings. The molecule has 0 bridgehead atoms. The number of para-hydroxylation sites is 2. The molecule has 0 spiro atoms. The zero-order chi connectivity index (χ0) is 39.6. The maximum atomic E-state index is 6.79. The maximum Gasteiger partial charge on any atom is 0.160 e. The molecule has 0 unspecified atom stereocenters. The van der Waals surface area contributed by atoms with Crippen LogP contribution in [0, 0.1) is 0 Å². The molecule has 3 heterocycles. The van der Waals surface area contributed by atoms with Crippen LogP contribution >= 0.6 is 0 Å². The SMILES string of the molecule is c1ccc(-c2cccc(-c3cc(-c4ccc(-c5cccc6oc7c8ccccc8c(-n8c9ccccc9c9ccccc98)cc7c56)cc4)nc(-c4ccccc4)n3)c2)cc1. The Morgan fingerprint density at radius 1 is 0.350 bits per heavy atom. The van der Waals surface area contributed by atoms with Gasteiger partial charge in [-0.3, -0.25) is 0 Å². The second-order valence-corrected chi connectivity index (χ2v) is 15.3. The summed E-state index contributed by atoms with van der Waals surface area (Å²) in [5.41, 5.74) is 14.6. The van der Waals surface area contributed by atoms with Crippen LogP contribution in [-0.2, 0) is 0 Å². The second-order valence-electron chi connectivity index (χ2n) is 15.3. The lowest BCUT2D eigenvalue weighted by Crippen LogP contribution is -1.96. The van der Waals surface area contributed by atoms with E-state index in [9.17, 15) is 0 Å². The Hall–Kier alpha value is -8.08. The molecule has 3 aromatic heterocycles. The lowest BCUT2D eigenvalue weighted by Gasteiger charge is -2.13. The van der Waals surface area contributed by atoms with Crippen LogP contribution in [0.25, 0.3) is 116 Å². The summed E-state index contributed by atoms with van der Waals surface area (Å²) in [5.74, 6) is 0.693. The van der Waals surface area contributed by atoms with E-state index < -0.39 is 0 Å². The smallest absolute Gasteiger partial charge is 0.160 e. The standard InChI is InChI=1S/C56H35N3O/c1-3-15-36(16-4-1)40-19-13-20-41(33-40)49-35-48(57-56(58-49)39-17-5-2-6-18-39)38-31-29-37(30-32-38)42-25-14-28-53-54(42)47-34-52(45-23-7-8-24-46(45)55(47)60-53)59-50-26-11-9-21-43(50)44-22-10-12-27-51(44)59/h1-35H. The van der Waals surface area contributed by atoms with Crippen molar-refractivity contribution in [3.8, 4) is 61.8 Å². The molecular formula is C56H35N3O. The minimum Gasteiger partial charge on any atom is -0.455 e. The third-order valence-electron chi connectivity index (χ3n) is 11.8. The van der Waals surface area contributed by atoms with E-state index in [-0.39, 0.29) is 0 Å². The number of nitrogens with zero attached hydrogens (tertiary/aromatic N) is 3. The van der Waals surface area contributed by atoms with E-state index in [1.165, 1.54) is 27.4 Å². The Labute approximate surface area is 346 Å². The van der Waals surface area contributed by atoms with E-state index in [4.69, 9.17) is 14.4 Å². The van der Waals surface area contributed by atoms with E-state index in [2.05, 4.69) is 193 Å². The van der Waals surface area contributed by atoms with Gasteiger partial charge in [0, 0.05) is 49.0 Å². The summed E-state index contributed by atoms with van der Waals surface area (Å²) in [4.78, 5) is 10.3. The molecule has 0 saturated carbocycles. The lowest BCUT2D eigenvalue weighted by atomic mass is 9.96. The van der Waals surface area contributed by atoms with E-state index in [0.29, 0.717) is 5.82 Å². The minimum absolute atomic E-state index is 0.693. The normalized spacial score (nSPS) is 11.7. The van der Waals surface area contributed by atoms with Crippen LogP contribution in [0.5, 0.6) is 0 Å². The summed E-state index contributed by atoms with van der Waals surface area (Å²) < 4.78 is 9.21. The molecule has 4 nitrogen and oxygen atoms in total. The Morgan fingerprint density at radius 3 is 1.62 bits per heavy atom. The van der Waals surface area contributed by atoms with Gasteiger partial charge in [0.2, 0.25) is 0 Å². The largest absolute Gasteiger partial charge is 0.455 e. The fourth-order valence-electron chi connectivity index (χ4n) is 9.01. The molecule has 60 heavy (non-hydrogen) atoms. The first-order valence-electron chi connectivity index (χ1n) is 20.3. The van der Waals surface area contributed by atoms with Crippen LogP contribution in [0.1, 0.15) is 0 Å². The highest BCUT2D eigenvalue weighted by atomic mass is 16.3. The Morgan fingerprint density at radius 2 is 0.900 bits per heavy atom. The molecule has 0 fully saturated rings. The zero-order valence-electron chi connectivity index (χ0n) is 32.5. The van der Waals surface area contributed by atoms with Crippen LogP contribution in [0.2, 0.25) is 0 Å². The summed E-state index contributed by atoms with van der Waals surface area (Å²) in [6.07, 6.45) is 0. The van der Waals surface area contributed by atoms with E-state index in [1.807, 2.05) is 24.3 Å². The van der Waals surface area contributed by atoms with Crippen molar-refractivity contribution in [2.75, 3.05) is 0 Å². The van der Waals surface area contributed by atoms with E-state index >= 15 is 0 Å². The number of furan rings is 1. The molecule has 0 N–H and O–H groups in total. The molecule has 0 aliphatic heterocycles. The Bertz CT molecular complexity index is 3530. The van der Waals surface area contributed by atoms with E-state index in [0.717, 1.165) is 83.2 Å². The number of rotatable bonds is 6. The molecular weight excluding hydrogens is 731 g/mol. The molecule has 0 atom stereocenters. The van der Waals surface area contributed by atoms with Gasteiger partial charge in [-0.05, 0) is 58.7 Å². The van der Waals surface area contributed by atoms with Crippen molar-refractivity contribution in [1.29, 1.82) is 0 Å². The topological polar surface area (TPSA) is 43.9 Å². The van der Waals surface area contributed by atoms with Gasteiger partial charge in [0.25, 0.3) is 0 Å². The molecule has 0 amide bonds. The molecule has 280 valence electrons. The van der Waals surface area contributed by atoms with Crippen LogP contribution in [-0.4, -0.2) is 14.5 Å². The molecule has 0 radical (unpaired) electrons. The number of aromatic nitrogens is 3. The van der Waals surface area contributed by atoms with Gasteiger partial charge >= 0.3 is 0 Å². The minimum atomic E-state index is 0.693. The van der Waals surface area contributed by atoms with Crippen LogP contribution in [0.3, 0.4) is 0 Å². The molecule has 0 aliphatic rings. The predicted octanol–water partition coefficient (Wildman–Crippen LogP) is 15.0. The lowest BCUT2D eigenvalue weighted by molar-refractivity contribution is 0.672. The molecule has 12 rings (SSSR count). The Balaban J connectivity index is 1.01. The highest BCUT2D eigenvalue weighted by molar-refractivity contribution is 6.22. The van der Waals surface area contributed by atoms with Crippen LogP contribution < -0.4 is 0 Å². The molecule has 9 aromatic carbocycles. The van der Waals surface area contributed by atoms with Crippen molar-refractivity contribution in [1.82, 2.24) is 14.5 Å². The number of fused-ring (bicyclic) bond motifs is 8. The van der Waals surface area contributed by atoms with Gasteiger partial charge in [0.15, 0.2) is 5.82 Å². The number of hydrogen-bond donors (Lipinski definition) is 0. The Kier molecular flexibility index (Phi) is 7.82. The van der Waals surface area contributed by atoms with Gasteiger partial charge < -0.3 is 8.98 Å². The second kappa shape index (κ2) is 13.8. The third-order valence-corrected chi connectivity index (χ3v) is 11.8. The third kappa shape index (κ3) is 5.53. The predicted molar refractivity (Wildman–Crippen MR) is 248 cm³/mol. The van der Waals surface area contributed by atoms with Crippen LogP contribution in [0.15, 0.2) is 217 Å². The van der Waals surface area contributed by atoms with Gasteiger partial charge in [0.05, 0.1) is 28.1 Å². The summed E-state index contributed by atoms with van der Waals surface area (Å²) in [7, 11) is 0. The number of hydrogen-bond acceptors (Lipinski definition) is 3. The highest BCUT2D eigenvalue weighted by Crippen LogP contribution is 2.44. The zero-order valence-corrected chi connectivity index (χ0v) is 32.5. The molecule has 0 saturated heterocycles. The molecule has 0 aliphatic carbocycles. The van der Waals surface area contributed by atoms with Crippen molar-refractivity contribution in [2.45, 2.75) is 0 Å². The summed E-state index contributed by atoms with van der Waals surface area (Å²) in [5, 5.41) is 6.90. The first-order valence-corrected chi connectivity index (χ1v) is 20.3. The van der Waals surface area contributed by atoms with Crippen LogP contribution in [0.4, 0.5) is 0 Å². The monoisotopic (exact) mass is 765 g/mol. The van der Waals surface area contributed by atoms with Gasteiger partial charge in [-0.2, -0.15) is 0 Å². The van der Waals surface area contributed by atoms with Crippen molar-refractivity contribution in [2.24, 2.45) is 0 Å². The van der Waals surface area contributed by atoms with Gasteiger partial charge in [-0.1, -0.05) is 176 Å². The average molecular weight is 766 g/mol. The van der Waals surface area contributed by atoms with Crippen molar-refractivity contribution < 1.29 is 4.42 Å². The molecule has 4 heteroatoms. The van der Waals surface area contributed by atoms with Crippen molar-refractivity contribution in [3.63, 3.8) is 0 Å². The first kappa shape index (κ1) is 34.0. The van der Waals surface area contributed by atoms with Crippen molar-refractivity contribution >= 4 is 54.5 Å². The highest BCUT2D eigenvalue weighted by Gasteiger charge is 2.21. The van der Waals surface area contributed by atoms with Gasteiger partial charge in [-0.25, -0.2) is 9.97 Å². The first-order chi connectivity index (χ1) is 29.7. The quantitative estimate of drug-likeness (QED) is 0.169. The average Bonchev–Trinajstić information content (AvgIpc) is 3.88. The summed E-state index contributed by atoms with van der Waals surface area (Å²) >= 11 is 0. The van der Waals surface area contributed by atoms with Gasteiger partial charge in [0.1, 0.15) is 11.2 Å². The summed E-state index contributed by atoms with van der Waals surface area (Å²) in [6, 6.07) is 74.9. The number of benzene rings is 9. The fourth-order valence-corrected chi connectivity index (χ4v) is 9.01. The van der Waals surface area contributed by atoms with Gasteiger partial charge in [-0.15, -0.1) is 0 Å².